The summed E-state index contributed by atoms with van der Waals surface area (Å²) in [4.78, 5) is 27.4. The molecule has 26 heavy (non-hydrogen) atoms. The van der Waals surface area contributed by atoms with Crippen LogP contribution in [0, 0.1) is 17.2 Å². The Morgan fingerprint density at radius 1 is 1.42 bits per heavy atom. The standard InChI is InChI=1S/C17H26N4O5/c1-7-10(4-20-5-11(12(23)6-20)19-9(3)18)15(17(25)26)21-14(7)13(8(2)22)16(21)24/h7-8,11-14,22-23H,4-6H2,1-3H3,(H2,18,19)(H,25,26)/t7-,8+,11-,12-,13+,14+/m0/s1. The number of aliphatic hydroxyl groups is 2. The molecule has 0 unspecified atom stereocenters. The summed E-state index contributed by atoms with van der Waals surface area (Å²) < 4.78 is 0. The second-order valence-electron chi connectivity index (χ2n) is 7.57. The molecule has 9 heteroatoms. The number of amidine groups is 1. The molecule has 0 aromatic rings. The van der Waals surface area contributed by atoms with Gasteiger partial charge in [-0.3, -0.25) is 15.1 Å². The first-order valence-corrected chi connectivity index (χ1v) is 8.83. The lowest BCUT2D eigenvalue weighted by atomic mass is 9.77. The number of β-amino-alcohol motifs (C(OH)–C–C–N with tert-alkyl or cyclic N) is 1. The van der Waals surface area contributed by atoms with Crippen molar-refractivity contribution in [3.63, 3.8) is 0 Å². The Kier molecular flexibility index (Phi) is 4.80. The van der Waals surface area contributed by atoms with Crippen LogP contribution in [-0.2, 0) is 9.59 Å². The Morgan fingerprint density at radius 2 is 2.08 bits per heavy atom. The van der Waals surface area contributed by atoms with Gasteiger partial charge in [0.1, 0.15) is 5.70 Å². The Bertz CT molecular complexity index is 676. The molecule has 6 atom stereocenters. The fourth-order valence-electron chi connectivity index (χ4n) is 4.51. The van der Waals surface area contributed by atoms with Crippen LogP contribution in [0.2, 0.25) is 0 Å². The van der Waals surface area contributed by atoms with E-state index in [1.54, 1.807) is 13.8 Å². The predicted molar refractivity (Wildman–Crippen MR) is 92.4 cm³/mol. The average Bonchev–Trinajstić information content (AvgIpc) is 2.96. The van der Waals surface area contributed by atoms with Crippen molar-refractivity contribution in [1.82, 2.24) is 15.1 Å². The molecule has 5 N–H and O–H groups in total. The van der Waals surface area contributed by atoms with E-state index in [1.807, 2.05) is 11.8 Å². The van der Waals surface area contributed by atoms with Crippen molar-refractivity contribution < 1.29 is 24.9 Å². The molecule has 0 bridgehead atoms. The molecular formula is C17H26N4O5. The van der Waals surface area contributed by atoms with E-state index in [0.717, 1.165) is 0 Å². The molecule has 0 aromatic carbocycles. The molecule has 3 heterocycles. The summed E-state index contributed by atoms with van der Waals surface area (Å²) in [5, 5.41) is 40.1. The highest BCUT2D eigenvalue weighted by atomic mass is 16.4. The van der Waals surface area contributed by atoms with Gasteiger partial charge in [-0.2, -0.15) is 0 Å². The number of hydrogen-bond donors (Lipinski definition) is 5. The summed E-state index contributed by atoms with van der Waals surface area (Å²) in [6, 6.07) is -0.601. The van der Waals surface area contributed by atoms with Crippen molar-refractivity contribution >= 4 is 17.7 Å². The number of nitrogens with one attached hydrogen (secondary N) is 2. The van der Waals surface area contributed by atoms with E-state index in [2.05, 4.69) is 5.32 Å². The Morgan fingerprint density at radius 3 is 2.62 bits per heavy atom. The minimum Gasteiger partial charge on any atom is -0.477 e. The lowest BCUT2D eigenvalue weighted by molar-refractivity contribution is -0.163. The van der Waals surface area contributed by atoms with Gasteiger partial charge in [0, 0.05) is 25.6 Å². The maximum Gasteiger partial charge on any atom is 0.352 e. The number of amides is 1. The third-order valence-corrected chi connectivity index (χ3v) is 5.68. The normalized spacial score (nSPS) is 35.3. The van der Waals surface area contributed by atoms with Crippen molar-refractivity contribution in [2.45, 2.75) is 45.1 Å². The molecule has 3 rings (SSSR count). The zero-order chi connectivity index (χ0) is 19.3. The number of carboxylic acid groups (broad SMARTS) is 1. The highest BCUT2D eigenvalue weighted by Crippen LogP contribution is 2.47. The summed E-state index contributed by atoms with van der Waals surface area (Å²) in [6.07, 6.45) is -1.47. The van der Waals surface area contributed by atoms with Gasteiger partial charge in [0.05, 0.1) is 36.0 Å². The van der Waals surface area contributed by atoms with Crippen molar-refractivity contribution in [1.29, 1.82) is 5.41 Å². The second-order valence-corrected chi connectivity index (χ2v) is 7.57. The third kappa shape index (κ3) is 2.89. The van der Waals surface area contributed by atoms with Crippen molar-refractivity contribution in [3.05, 3.63) is 11.3 Å². The number of fused-ring (bicyclic) bond motifs is 1. The maximum absolute atomic E-state index is 12.3. The molecule has 2 saturated heterocycles. The molecule has 1 amide bonds. The highest BCUT2D eigenvalue weighted by molar-refractivity contribution is 6.00. The molecule has 0 saturated carbocycles. The first kappa shape index (κ1) is 18.8. The topological polar surface area (TPSA) is 137 Å². The number of aliphatic hydroxyl groups excluding tert-OH is 2. The average molecular weight is 366 g/mol. The number of nitrogens with zero attached hydrogens (tertiary/aromatic N) is 2. The first-order chi connectivity index (χ1) is 12.1. The van der Waals surface area contributed by atoms with E-state index >= 15 is 0 Å². The van der Waals surface area contributed by atoms with E-state index in [-0.39, 0.29) is 35.4 Å². The second kappa shape index (κ2) is 6.64. The molecule has 0 radical (unpaired) electrons. The quantitative estimate of drug-likeness (QED) is 0.234. The van der Waals surface area contributed by atoms with E-state index in [9.17, 15) is 24.9 Å². The summed E-state index contributed by atoms with van der Waals surface area (Å²) in [7, 11) is 0. The number of carboxylic acids is 1. The van der Waals surface area contributed by atoms with E-state index < -0.39 is 24.1 Å². The van der Waals surface area contributed by atoms with Crippen molar-refractivity contribution in [2.24, 2.45) is 11.8 Å². The van der Waals surface area contributed by atoms with E-state index in [4.69, 9.17) is 5.41 Å². The third-order valence-electron chi connectivity index (χ3n) is 5.68. The lowest BCUT2D eigenvalue weighted by Gasteiger charge is -2.46. The van der Waals surface area contributed by atoms with Crippen LogP contribution >= 0.6 is 0 Å². The number of hydrogen-bond acceptors (Lipinski definition) is 6. The number of likely N-dealkylation sites (tertiary alicyclic amines) is 1. The molecule has 0 aromatic heterocycles. The molecular weight excluding hydrogens is 340 g/mol. The van der Waals surface area contributed by atoms with Crippen LogP contribution in [-0.4, -0.2) is 86.8 Å². The zero-order valence-corrected chi connectivity index (χ0v) is 15.1. The molecule has 0 aliphatic carbocycles. The largest absolute Gasteiger partial charge is 0.477 e. The van der Waals surface area contributed by atoms with Gasteiger partial charge in [-0.1, -0.05) is 6.92 Å². The fraction of sp³-hybridized carbons (Fsp3) is 0.706. The van der Waals surface area contributed by atoms with Crippen molar-refractivity contribution in [3.8, 4) is 0 Å². The van der Waals surface area contributed by atoms with Gasteiger partial charge in [-0.25, -0.2) is 4.79 Å². The van der Waals surface area contributed by atoms with Crippen LogP contribution < -0.4 is 5.32 Å². The van der Waals surface area contributed by atoms with Gasteiger partial charge in [0.15, 0.2) is 0 Å². The molecule has 2 fully saturated rings. The summed E-state index contributed by atoms with van der Waals surface area (Å²) in [6.45, 7) is 6.23. The Hall–Kier alpha value is -1.97. The number of carbonyl (C=O) groups is 2. The summed E-state index contributed by atoms with van der Waals surface area (Å²) >= 11 is 0. The van der Waals surface area contributed by atoms with Crippen LogP contribution in [0.1, 0.15) is 20.8 Å². The van der Waals surface area contributed by atoms with Crippen molar-refractivity contribution in [2.75, 3.05) is 19.6 Å². The summed E-state index contributed by atoms with van der Waals surface area (Å²) in [5.74, 6) is -1.96. The van der Waals surface area contributed by atoms with Gasteiger partial charge in [0.2, 0.25) is 5.91 Å². The number of carbonyl (C=O) groups excluding carboxylic acids is 1. The molecule has 0 spiro atoms. The van der Waals surface area contributed by atoms with Crippen LogP contribution in [0.15, 0.2) is 11.3 Å². The Labute approximate surface area is 151 Å². The van der Waals surface area contributed by atoms with Gasteiger partial charge in [-0.05, 0) is 19.4 Å². The van der Waals surface area contributed by atoms with Crippen LogP contribution in [0.5, 0.6) is 0 Å². The van der Waals surface area contributed by atoms with Crippen LogP contribution in [0.4, 0.5) is 0 Å². The van der Waals surface area contributed by atoms with E-state index in [0.29, 0.717) is 25.2 Å². The minimum atomic E-state index is -1.14. The maximum atomic E-state index is 12.3. The van der Waals surface area contributed by atoms with Crippen LogP contribution in [0.25, 0.3) is 0 Å². The van der Waals surface area contributed by atoms with Gasteiger partial charge >= 0.3 is 5.97 Å². The molecule has 3 aliphatic rings. The van der Waals surface area contributed by atoms with Gasteiger partial charge < -0.3 is 25.5 Å². The minimum absolute atomic E-state index is 0.0125. The smallest absolute Gasteiger partial charge is 0.352 e. The van der Waals surface area contributed by atoms with Gasteiger partial charge in [0.25, 0.3) is 0 Å². The molecule has 144 valence electrons. The lowest BCUT2D eigenvalue weighted by Crippen LogP contribution is -2.63. The molecule has 9 nitrogen and oxygen atoms in total. The number of aliphatic carboxylic acids is 1. The molecule has 3 aliphatic heterocycles. The first-order valence-electron chi connectivity index (χ1n) is 8.83. The van der Waals surface area contributed by atoms with Gasteiger partial charge in [-0.15, -0.1) is 0 Å². The zero-order valence-electron chi connectivity index (χ0n) is 15.1. The summed E-state index contributed by atoms with van der Waals surface area (Å²) in [5.41, 5.74) is 0.664. The van der Waals surface area contributed by atoms with E-state index in [1.165, 1.54) is 4.90 Å². The number of rotatable bonds is 5. The van der Waals surface area contributed by atoms with Crippen LogP contribution in [0.3, 0.4) is 0 Å². The number of β-lactam (4-membered cyclic amide) rings is 1. The predicted octanol–water partition coefficient (Wildman–Crippen LogP) is -1.19. The Balaban J connectivity index is 1.80. The highest BCUT2D eigenvalue weighted by Gasteiger charge is 2.59. The SMILES string of the molecule is CC(=N)N[C@H]1CN(CC2=C(C(=O)O)N3C(=O)[C@H]([C@@H](C)O)[C@H]3[C@H]2C)C[C@@H]1O. The monoisotopic (exact) mass is 366 g/mol. The fourth-order valence-corrected chi connectivity index (χ4v) is 4.51.